The van der Waals surface area contributed by atoms with Crippen molar-refractivity contribution in [3.8, 4) is 22.4 Å². The summed E-state index contributed by atoms with van der Waals surface area (Å²) < 4.78 is 0. The fourth-order valence-electron chi connectivity index (χ4n) is 2.93. The van der Waals surface area contributed by atoms with Gasteiger partial charge in [0.2, 0.25) is 0 Å². The molecule has 6 heteroatoms. The van der Waals surface area contributed by atoms with E-state index in [0.717, 1.165) is 38.6 Å². The number of primary amides is 1. The van der Waals surface area contributed by atoms with Gasteiger partial charge in [-0.1, -0.05) is 30.3 Å². The van der Waals surface area contributed by atoms with Crippen LogP contribution >= 0.6 is 9.24 Å². The molecule has 4 rings (SSSR count). The summed E-state index contributed by atoms with van der Waals surface area (Å²) in [6.07, 6.45) is 4.99. The van der Waals surface area contributed by atoms with E-state index in [1.807, 2.05) is 36.4 Å². The zero-order valence-corrected chi connectivity index (χ0v) is 14.4. The van der Waals surface area contributed by atoms with Gasteiger partial charge in [-0.3, -0.25) is 4.79 Å². The van der Waals surface area contributed by atoms with Gasteiger partial charge in [0.15, 0.2) is 0 Å². The van der Waals surface area contributed by atoms with E-state index in [-0.39, 0.29) is 0 Å². The first-order chi connectivity index (χ1) is 12.1. The summed E-state index contributed by atoms with van der Waals surface area (Å²) >= 11 is 0. The number of rotatable bonds is 3. The van der Waals surface area contributed by atoms with Crippen molar-refractivity contribution in [1.29, 1.82) is 0 Å². The highest BCUT2D eigenvalue weighted by molar-refractivity contribution is 7.27. The Hall–Kier alpha value is -3.04. The van der Waals surface area contributed by atoms with Crippen LogP contribution in [0.4, 0.5) is 0 Å². The lowest BCUT2D eigenvalue weighted by Crippen LogP contribution is -2.11. The molecule has 122 valence electrons. The van der Waals surface area contributed by atoms with E-state index in [4.69, 9.17) is 5.73 Å². The van der Waals surface area contributed by atoms with Crippen molar-refractivity contribution in [3.05, 3.63) is 66.7 Å². The third-order valence-electron chi connectivity index (χ3n) is 4.15. The molecule has 1 unspecified atom stereocenters. The van der Waals surface area contributed by atoms with Gasteiger partial charge in [0.1, 0.15) is 6.33 Å². The Morgan fingerprint density at radius 3 is 2.40 bits per heavy atom. The van der Waals surface area contributed by atoms with Gasteiger partial charge in [0.25, 0.3) is 5.91 Å². The molecule has 25 heavy (non-hydrogen) atoms. The molecule has 0 saturated carbocycles. The normalized spacial score (nSPS) is 10.9. The van der Waals surface area contributed by atoms with Crippen molar-refractivity contribution in [1.82, 2.24) is 15.0 Å². The van der Waals surface area contributed by atoms with Gasteiger partial charge in [-0.2, -0.15) is 0 Å². The number of H-pyrrole nitrogens is 1. The molecule has 1 atom stereocenters. The van der Waals surface area contributed by atoms with Crippen molar-refractivity contribution >= 4 is 31.4 Å². The first-order valence-electron chi connectivity index (χ1n) is 7.70. The van der Waals surface area contributed by atoms with Crippen LogP contribution in [0.2, 0.25) is 0 Å². The number of carbonyl (C=O) groups excluding carboxylic acids is 1. The number of fused-ring (bicyclic) bond motifs is 1. The van der Waals surface area contributed by atoms with Crippen molar-refractivity contribution in [3.63, 3.8) is 0 Å². The summed E-state index contributed by atoms with van der Waals surface area (Å²) in [5, 5.41) is 2.02. The van der Waals surface area contributed by atoms with Crippen LogP contribution in [0.5, 0.6) is 0 Å². The molecule has 0 aliphatic carbocycles. The lowest BCUT2D eigenvalue weighted by atomic mass is 10.0. The number of nitrogens with one attached hydrogen (secondary N) is 1. The number of benzene rings is 2. The molecule has 0 aliphatic rings. The maximum atomic E-state index is 11.8. The Balaban J connectivity index is 1.98. The van der Waals surface area contributed by atoms with E-state index in [1.54, 1.807) is 18.5 Å². The number of amides is 1. The highest BCUT2D eigenvalue weighted by Crippen LogP contribution is 2.33. The van der Waals surface area contributed by atoms with Crippen molar-refractivity contribution in [2.75, 3.05) is 0 Å². The second-order valence-corrected chi connectivity index (χ2v) is 6.41. The lowest BCUT2D eigenvalue weighted by molar-refractivity contribution is 0.100. The quantitative estimate of drug-likeness (QED) is 0.560. The number of nitrogens with two attached hydrogens (primary N) is 1. The average Bonchev–Trinajstić information content (AvgIpc) is 3.07. The highest BCUT2D eigenvalue weighted by atomic mass is 31.0. The molecule has 0 radical (unpaired) electrons. The standard InChI is InChI=1S/C19H15N4OP/c20-19(24)15-6-5-14(12-8-21-10-22-9-12)16-7-17(23-18(15)16)11-1-3-13(25)4-2-11/h1-10,23H,25H2,(H2,20,24). The summed E-state index contributed by atoms with van der Waals surface area (Å²) in [6, 6.07) is 13.7. The topological polar surface area (TPSA) is 84.7 Å². The SMILES string of the molecule is NC(=O)c1ccc(-c2cncnc2)c2cc(-c3ccc(P)cc3)[nH]c12. The lowest BCUT2D eigenvalue weighted by Gasteiger charge is -2.05. The smallest absolute Gasteiger partial charge is 0.250 e. The Morgan fingerprint density at radius 1 is 1.00 bits per heavy atom. The molecule has 0 fully saturated rings. The van der Waals surface area contributed by atoms with Gasteiger partial charge < -0.3 is 10.7 Å². The molecule has 0 spiro atoms. The minimum absolute atomic E-state index is 0.463. The van der Waals surface area contributed by atoms with Crippen molar-refractivity contribution in [2.24, 2.45) is 5.73 Å². The number of nitrogens with zero attached hydrogens (tertiary/aromatic N) is 2. The van der Waals surface area contributed by atoms with E-state index in [2.05, 4.69) is 24.2 Å². The molecule has 2 aromatic heterocycles. The number of hydrogen-bond acceptors (Lipinski definition) is 3. The summed E-state index contributed by atoms with van der Waals surface area (Å²) in [5.74, 6) is -0.463. The Labute approximate surface area is 146 Å². The number of hydrogen-bond donors (Lipinski definition) is 2. The molecular weight excluding hydrogens is 331 g/mol. The molecule has 1 amide bonds. The van der Waals surface area contributed by atoms with Crippen LogP contribution in [0.25, 0.3) is 33.3 Å². The molecular formula is C19H15N4OP. The minimum Gasteiger partial charge on any atom is -0.366 e. The fourth-order valence-corrected chi connectivity index (χ4v) is 3.13. The zero-order valence-electron chi connectivity index (χ0n) is 13.2. The van der Waals surface area contributed by atoms with Crippen LogP contribution in [-0.2, 0) is 0 Å². The summed E-state index contributed by atoms with van der Waals surface area (Å²) in [4.78, 5) is 23.3. The number of aromatic nitrogens is 3. The van der Waals surface area contributed by atoms with E-state index >= 15 is 0 Å². The van der Waals surface area contributed by atoms with Gasteiger partial charge in [-0.25, -0.2) is 9.97 Å². The second kappa shape index (κ2) is 6.11. The second-order valence-electron chi connectivity index (χ2n) is 5.75. The number of aromatic amines is 1. The third kappa shape index (κ3) is 2.79. The van der Waals surface area contributed by atoms with Crippen LogP contribution in [0.3, 0.4) is 0 Å². The fraction of sp³-hybridized carbons (Fsp3) is 0. The molecule has 5 nitrogen and oxygen atoms in total. The van der Waals surface area contributed by atoms with Gasteiger partial charge in [0.05, 0.1) is 11.1 Å². The monoisotopic (exact) mass is 346 g/mol. The first kappa shape index (κ1) is 15.5. The van der Waals surface area contributed by atoms with E-state index in [0.29, 0.717) is 5.56 Å². The van der Waals surface area contributed by atoms with Gasteiger partial charge in [0, 0.05) is 29.0 Å². The largest absolute Gasteiger partial charge is 0.366 e. The molecule has 0 bridgehead atoms. The van der Waals surface area contributed by atoms with Crippen molar-refractivity contribution < 1.29 is 4.79 Å². The predicted octanol–water partition coefficient (Wildman–Crippen LogP) is 2.89. The third-order valence-corrected chi connectivity index (χ3v) is 4.54. The van der Waals surface area contributed by atoms with Gasteiger partial charge >= 0.3 is 0 Å². The van der Waals surface area contributed by atoms with E-state index in [9.17, 15) is 4.79 Å². The molecule has 3 N–H and O–H groups in total. The molecule has 2 aromatic carbocycles. The minimum atomic E-state index is -0.463. The first-order valence-corrected chi connectivity index (χ1v) is 8.28. The van der Waals surface area contributed by atoms with E-state index < -0.39 is 5.91 Å². The Morgan fingerprint density at radius 2 is 1.72 bits per heavy atom. The molecule has 0 saturated heterocycles. The van der Waals surface area contributed by atoms with Crippen molar-refractivity contribution in [2.45, 2.75) is 0 Å². The van der Waals surface area contributed by atoms with Crippen LogP contribution in [-0.4, -0.2) is 20.9 Å². The van der Waals surface area contributed by atoms with Gasteiger partial charge in [-0.05, 0) is 28.6 Å². The maximum Gasteiger partial charge on any atom is 0.250 e. The Kier molecular flexibility index (Phi) is 3.79. The summed E-state index contributed by atoms with van der Waals surface area (Å²) in [5.41, 5.74) is 10.5. The Bertz CT molecular complexity index is 1070. The highest BCUT2D eigenvalue weighted by Gasteiger charge is 2.15. The van der Waals surface area contributed by atoms with Gasteiger partial charge in [-0.15, -0.1) is 9.24 Å². The van der Waals surface area contributed by atoms with Crippen LogP contribution in [0, 0.1) is 0 Å². The zero-order chi connectivity index (χ0) is 17.4. The van der Waals surface area contributed by atoms with Crippen LogP contribution < -0.4 is 11.0 Å². The molecule has 0 aliphatic heterocycles. The summed E-state index contributed by atoms with van der Waals surface area (Å²) in [7, 11) is 2.67. The average molecular weight is 346 g/mol. The van der Waals surface area contributed by atoms with Crippen LogP contribution in [0.1, 0.15) is 10.4 Å². The molecule has 4 aromatic rings. The van der Waals surface area contributed by atoms with E-state index in [1.165, 1.54) is 6.33 Å². The predicted molar refractivity (Wildman–Crippen MR) is 103 cm³/mol. The maximum absolute atomic E-state index is 11.8. The summed E-state index contributed by atoms with van der Waals surface area (Å²) in [6.45, 7) is 0. The molecule has 2 heterocycles. The van der Waals surface area contributed by atoms with Crippen LogP contribution in [0.15, 0.2) is 61.2 Å². The number of carbonyl (C=O) groups is 1.